The van der Waals surface area contributed by atoms with E-state index in [9.17, 15) is 9.59 Å². The lowest BCUT2D eigenvalue weighted by molar-refractivity contribution is 0.0702. The number of nitrogens with one attached hydrogen (secondary N) is 2. The van der Waals surface area contributed by atoms with Gasteiger partial charge < -0.3 is 19.5 Å². The first-order valence-corrected chi connectivity index (χ1v) is 10.7. The first-order valence-electron chi connectivity index (χ1n) is 9.96. The Kier molecular flexibility index (Phi) is 7.86. The number of nitrogens with zero attached hydrogens (tertiary/aromatic N) is 2. The van der Waals surface area contributed by atoms with Crippen molar-refractivity contribution in [1.82, 2.24) is 15.4 Å². The lowest BCUT2D eigenvalue weighted by atomic mass is 10.2. The SMILES string of the molecule is CN(C)c1ccc(CNC(=O)c2c(OCc3ccc(Cl)c(Cl)c3)c(C(=O)NO)cn2C)cc1. The molecule has 0 aliphatic heterocycles. The largest absolute Gasteiger partial charge is 0.486 e. The van der Waals surface area contributed by atoms with Gasteiger partial charge in [-0.1, -0.05) is 41.4 Å². The molecule has 8 nitrogen and oxygen atoms in total. The Morgan fingerprint density at radius 2 is 1.70 bits per heavy atom. The topological polar surface area (TPSA) is 95.8 Å². The zero-order valence-corrected chi connectivity index (χ0v) is 19.9. The molecule has 1 aromatic heterocycles. The van der Waals surface area contributed by atoms with Gasteiger partial charge in [-0.25, -0.2) is 5.48 Å². The molecule has 1 heterocycles. The van der Waals surface area contributed by atoms with Crippen LogP contribution in [0.3, 0.4) is 0 Å². The summed E-state index contributed by atoms with van der Waals surface area (Å²) in [6.45, 7) is 0.310. The number of hydrogen-bond donors (Lipinski definition) is 3. The molecule has 0 bridgehead atoms. The molecule has 0 unspecified atom stereocenters. The second-order valence-electron chi connectivity index (χ2n) is 7.55. The number of ether oxygens (including phenoxy) is 1. The van der Waals surface area contributed by atoms with Gasteiger partial charge in [0, 0.05) is 39.6 Å². The van der Waals surface area contributed by atoms with Gasteiger partial charge in [0.15, 0.2) is 5.75 Å². The van der Waals surface area contributed by atoms with Crippen molar-refractivity contribution < 1.29 is 19.5 Å². The van der Waals surface area contributed by atoms with E-state index >= 15 is 0 Å². The lowest BCUT2D eigenvalue weighted by Crippen LogP contribution is -2.25. The number of halogens is 2. The third kappa shape index (κ3) is 5.78. The van der Waals surface area contributed by atoms with Crippen LogP contribution >= 0.6 is 23.2 Å². The number of aromatic nitrogens is 1. The summed E-state index contributed by atoms with van der Waals surface area (Å²) in [6, 6.07) is 12.7. The van der Waals surface area contributed by atoms with Gasteiger partial charge in [-0.15, -0.1) is 0 Å². The molecule has 0 fully saturated rings. The minimum Gasteiger partial charge on any atom is -0.486 e. The first-order chi connectivity index (χ1) is 15.7. The highest BCUT2D eigenvalue weighted by atomic mass is 35.5. The van der Waals surface area contributed by atoms with Crippen molar-refractivity contribution in [1.29, 1.82) is 0 Å². The molecule has 174 valence electrons. The number of aryl methyl sites for hydroxylation is 1. The normalized spacial score (nSPS) is 10.6. The highest BCUT2D eigenvalue weighted by molar-refractivity contribution is 6.42. The molecule has 0 radical (unpaired) electrons. The molecule has 0 saturated heterocycles. The zero-order chi connectivity index (χ0) is 24.1. The highest BCUT2D eigenvalue weighted by Crippen LogP contribution is 2.29. The van der Waals surface area contributed by atoms with Gasteiger partial charge in [0.1, 0.15) is 17.9 Å². The number of hydroxylamine groups is 1. The van der Waals surface area contributed by atoms with Gasteiger partial charge in [-0.3, -0.25) is 14.8 Å². The number of hydrogen-bond acceptors (Lipinski definition) is 5. The molecule has 3 rings (SSSR count). The summed E-state index contributed by atoms with van der Waals surface area (Å²) in [7, 11) is 5.51. The first kappa shape index (κ1) is 24.4. The lowest BCUT2D eigenvalue weighted by Gasteiger charge is -2.14. The predicted molar refractivity (Wildman–Crippen MR) is 127 cm³/mol. The monoisotopic (exact) mass is 490 g/mol. The summed E-state index contributed by atoms with van der Waals surface area (Å²) in [6.07, 6.45) is 1.41. The van der Waals surface area contributed by atoms with Crippen molar-refractivity contribution in [2.45, 2.75) is 13.2 Å². The Labute approximate surface area is 201 Å². The Balaban J connectivity index is 1.82. The van der Waals surface area contributed by atoms with Gasteiger partial charge in [-0.05, 0) is 35.4 Å². The maximum atomic E-state index is 13.0. The van der Waals surface area contributed by atoms with E-state index in [-0.39, 0.29) is 30.2 Å². The maximum Gasteiger partial charge on any atom is 0.279 e. The van der Waals surface area contributed by atoms with E-state index in [0.29, 0.717) is 15.6 Å². The van der Waals surface area contributed by atoms with Crippen molar-refractivity contribution in [2.75, 3.05) is 19.0 Å². The number of anilines is 1. The number of benzene rings is 2. The number of carbonyl (C=O) groups is 2. The quantitative estimate of drug-likeness (QED) is 0.327. The molecule has 0 atom stereocenters. The van der Waals surface area contributed by atoms with Crippen LogP contribution in [0.25, 0.3) is 0 Å². The summed E-state index contributed by atoms with van der Waals surface area (Å²) in [4.78, 5) is 27.2. The van der Waals surface area contributed by atoms with Gasteiger partial charge in [0.25, 0.3) is 11.8 Å². The molecule has 3 N–H and O–H groups in total. The summed E-state index contributed by atoms with van der Waals surface area (Å²) in [5.74, 6) is -1.20. The van der Waals surface area contributed by atoms with E-state index in [1.54, 1.807) is 30.7 Å². The smallest absolute Gasteiger partial charge is 0.279 e. The average Bonchev–Trinajstić information content (AvgIpc) is 3.14. The van der Waals surface area contributed by atoms with Gasteiger partial charge in [0.05, 0.1) is 10.0 Å². The Morgan fingerprint density at radius 1 is 1.03 bits per heavy atom. The number of amides is 2. The molecule has 0 aliphatic carbocycles. The van der Waals surface area contributed by atoms with Crippen molar-refractivity contribution >= 4 is 40.7 Å². The molecule has 10 heteroatoms. The van der Waals surface area contributed by atoms with E-state index in [1.807, 2.05) is 43.3 Å². The van der Waals surface area contributed by atoms with Crippen LogP contribution in [-0.4, -0.2) is 35.7 Å². The van der Waals surface area contributed by atoms with Crippen LogP contribution in [0.5, 0.6) is 5.75 Å². The second kappa shape index (κ2) is 10.6. The van der Waals surface area contributed by atoms with Crippen LogP contribution in [0.2, 0.25) is 10.0 Å². The van der Waals surface area contributed by atoms with Crippen molar-refractivity contribution in [3.05, 3.63) is 81.1 Å². The summed E-state index contributed by atoms with van der Waals surface area (Å²) < 4.78 is 7.32. The molecule has 0 spiro atoms. The van der Waals surface area contributed by atoms with Crippen LogP contribution < -0.4 is 20.4 Å². The van der Waals surface area contributed by atoms with Crippen molar-refractivity contribution in [2.24, 2.45) is 7.05 Å². The minimum absolute atomic E-state index is 0.0144. The van der Waals surface area contributed by atoms with Gasteiger partial charge >= 0.3 is 0 Å². The maximum absolute atomic E-state index is 13.0. The predicted octanol–water partition coefficient (Wildman–Crippen LogP) is 4.03. The standard InChI is InChI=1S/C23H24Cl2N4O4/c1-28(2)16-7-4-14(5-8-16)11-26-23(31)20-21(17(12-29(20)3)22(30)27-32)33-13-15-6-9-18(24)19(25)10-15/h4-10,12,32H,11,13H2,1-3H3,(H,26,31)(H,27,30). The molecule has 2 aromatic carbocycles. The van der Waals surface area contributed by atoms with E-state index < -0.39 is 11.8 Å². The molecule has 3 aromatic rings. The molecular weight excluding hydrogens is 467 g/mol. The molecule has 0 saturated carbocycles. The Hall–Kier alpha value is -3.20. The second-order valence-corrected chi connectivity index (χ2v) is 8.37. The fourth-order valence-electron chi connectivity index (χ4n) is 3.20. The van der Waals surface area contributed by atoms with E-state index in [0.717, 1.165) is 11.3 Å². The molecule has 2 amide bonds. The molecule has 0 aliphatic rings. The highest BCUT2D eigenvalue weighted by Gasteiger charge is 2.26. The summed E-state index contributed by atoms with van der Waals surface area (Å²) in [5.41, 5.74) is 4.38. The summed E-state index contributed by atoms with van der Waals surface area (Å²) in [5, 5.41) is 12.7. The third-order valence-corrected chi connectivity index (χ3v) is 5.71. The Morgan fingerprint density at radius 3 is 2.30 bits per heavy atom. The van der Waals surface area contributed by atoms with E-state index in [1.165, 1.54) is 10.8 Å². The van der Waals surface area contributed by atoms with Gasteiger partial charge in [-0.2, -0.15) is 0 Å². The minimum atomic E-state index is -0.798. The van der Waals surface area contributed by atoms with E-state index in [4.69, 9.17) is 33.1 Å². The van der Waals surface area contributed by atoms with E-state index in [2.05, 4.69) is 5.32 Å². The van der Waals surface area contributed by atoms with Gasteiger partial charge in [0.2, 0.25) is 0 Å². The Bertz CT molecular complexity index is 1160. The zero-order valence-electron chi connectivity index (χ0n) is 18.4. The average molecular weight is 491 g/mol. The van der Waals surface area contributed by atoms with Crippen LogP contribution in [-0.2, 0) is 20.2 Å². The number of carbonyl (C=O) groups excluding carboxylic acids is 2. The molecular formula is C23H24Cl2N4O4. The van der Waals surface area contributed by atoms with Crippen LogP contribution in [0.15, 0.2) is 48.7 Å². The summed E-state index contributed by atoms with van der Waals surface area (Å²) >= 11 is 12.0. The molecule has 33 heavy (non-hydrogen) atoms. The fraction of sp³-hybridized carbons (Fsp3) is 0.217. The van der Waals surface area contributed by atoms with Crippen LogP contribution in [0.4, 0.5) is 5.69 Å². The van der Waals surface area contributed by atoms with Crippen molar-refractivity contribution in [3.8, 4) is 5.75 Å². The van der Waals surface area contributed by atoms with Crippen molar-refractivity contribution in [3.63, 3.8) is 0 Å². The van der Waals surface area contributed by atoms with Crippen LogP contribution in [0.1, 0.15) is 32.0 Å². The fourth-order valence-corrected chi connectivity index (χ4v) is 3.52. The number of rotatable bonds is 8. The van der Waals surface area contributed by atoms with Crippen LogP contribution in [0, 0.1) is 0 Å². The third-order valence-electron chi connectivity index (χ3n) is 4.97.